The lowest BCUT2D eigenvalue weighted by Crippen LogP contribution is -2.23. The van der Waals surface area contributed by atoms with Gasteiger partial charge in [0.25, 0.3) is 0 Å². The van der Waals surface area contributed by atoms with Gasteiger partial charge in [-0.2, -0.15) is 0 Å². The Morgan fingerprint density at radius 3 is 2.44 bits per heavy atom. The van der Waals surface area contributed by atoms with Gasteiger partial charge >= 0.3 is 0 Å². The smallest absolute Gasteiger partial charge is 0.142 e. The molecule has 0 spiro atoms. The van der Waals surface area contributed by atoms with E-state index in [9.17, 15) is 0 Å². The van der Waals surface area contributed by atoms with Crippen molar-refractivity contribution in [3.8, 4) is 0 Å². The number of ether oxygens (including phenoxy) is 1. The predicted octanol–water partition coefficient (Wildman–Crippen LogP) is 2.31. The second-order valence-corrected chi connectivity index (χ2v) is 3.94. The van der Waals surface area contributed by atoms with Gasteiger partial charge in [0.1, 0.15) is 5.76 Å². The average Bonchev–Trinajstić information content (AvgIpc) is 2.35. The van der Waals surface area contributed by atoms with Crippen LogP contribution in [-0.4, -0.2) is 24.2 Å². The molecule has 0 unspecified atom stereocenters. The van der Waals surface area contributed by atoms with E-state index in [1.807, 2.05) is 0 Å². The molecule has 1 aromatic rings. The minimum Gasteiger partial charge on any atom is -0.495 e. The fourth-order valence-electron chi connectivity index (χ4n) is 1.62. The molecule has 0 amide bonds. The molecule has 1 aliphatic carbocycles. The number of methoxy groups -OCH3 is 1. The van der Waals surface area contributed by atoms with Crippen LogP contribution in [0.2, 0.25) is 0 Å². The van der Waals surface area contributed by atoms with Crippen LogP contribution in [0.15, 0.2) is 41.1 Å². The van der Waals surface area contributed by atoms with Crippen LogP contribution >= 0.6 is 0 Å². The van der Waals surface area contributed by atoms with Gasteiger partial charge in [-0.25, -0.2) is 4.99 Å². The van der Waals surface area contributed by atoms with Crippen LogP contribution < -0.4 is 5.73 Å². The second kappa shape index (κ2) is 4.83. The summed E-state index contributed by atoms with van der Waals surface area (Å²) < 4.78 is 5.08. The molecule has 0 aliphatic heterocycles. The zero-order valence-electron chi connectivity index (χ0n) is 10.0. The van der Waals surface area contributed by atoms with Crippen LogP contribution in [0.3, 0.4) is 0 Å². The summed E-state index contributed by atoms with van der Waals surface area (Å²) in [5.74, 6) is 0.459. The Kier molecular flexibility index (Phi) is 3.23. The minimum absolute atomic E-state index is 0.244. The Hall–Kier alpha value is -2.43. The number of nitrogen functional groups attached to an aromatic ring is 1. The molecular formula is C13H14N4O. The molecule has 0 fully saturated rings. The van der Waals surface area contributed by atoms with Gasteiger partial charge in [-0.05, 0) is 24.3 Å². The monoisotopic (exact) mass is 242 g/mol. The maximum Gasteiger partial charge on any atom is 0.142 e. The van der Waals surface area contributed by atoms with Crippen LogP contribution in [0.25, 0.3) is 0 Å². The summed E-state index contributed by atoms with van der Waals surface area (Å²) in [5.41, 5.74) is 8.14. The Bertz CT molecular complexity index is 555. The molecule has 0 saturated carbocycles. The van der Waals surface area contributed by atoms with E-state index < -0.39 is 0 Å². The number of hydrogen-bond acceptors (Lipinski definition) is 5. The van der Waals surface area contributed by atoms with Crippen LogP contribution in [0.4, 0.5) is 11.4 Å². The van der Waals surface area contributed by atoms with Gasteiger partial charge in [-0.1, -0.05) is 0 Å². The van der Waals surface area contributed by atoms with Crippen molar-refractivity contribution in [2.45, 2.75) is 6.42 Å². The maximum absolute atomic E-state index is 7.84. The molecule has 0 aromatic heterocycles. The second-order valence-electron chi connectivity index (χ2n) is 3.94. The predicted molar refractivity (Wildman–Crippen MR) is 73.1 cm³/mol. The van der Waals surface area contributed by atoms with Crippen LogP contribution in [0.1, 0.15) is 6.42 Å². The van der Waals surface area contributed by atoms with Crippen molar-refractivity contribution in [2.75, 3.05) is 12.8 Å². The number of anilines is 1. The number of rotatable bonds is 2. The van der Waals surface area contributed by atoms with Gasteiger partial charge in [-0.3, -0.25) is 0 Å². The Balaban J connectivity index is 2.37. The maximum atomic E-state index is 7.84. The number of benzene rings is 1. The van der Waals surface area contributed by atoms with Crippen molar-refractivity contribution in [3.05, 3.63) is 36.1 Å². The highest BCUT2D eigenvalue weighted by molar-refractivity contribution is 6.51. The van der Waals surface area contributed by atoms with E-state index in [1.165, 1.54) is 7.11 Å². The zero-order valence-corrected chi connectivity index (χ0v) is 10.0. The van der Waals surface area contributed by atoms with Crippen molar-refractivity contribution in [1.82, 2.24) is 0 Å². The SMILES string of the molecule is COC1=CC(=Nc2ccc(N)cc2)C(=N)CC1=N. The van der Waals surface area contributed by atoms with Gasteiger partial charge in [0, 0.05) is 18.2 Å². The quantitative estimate of drug-likeness (QED) is 0.694. The molecule has 0 atom stereocenters. The van der Waals surface area contributed by atoms with E-state index in [-0.39, 0.29) is 6.42 Å². The van der Waals surface area contributed by atoms with E-state index in [4.69, 9.17) is 21.3 Å². The Morgan fingerprint density at radius 2 is 1.83 bits per heavy atom. The lowest BCUT2D eigenvalue weighted by molar-refractivity contribution is 0.314. The Morgan fingerprint density at radius 1 is 1.17 bits per heavy atom. The normalized spacial score (nSPS) is 17.8. The summed E-state index contributed by atoms with van der Waals surface area (Å²) in [6.07, 6.45) is 1.86. The van der Waals surface area contributed by atoms with Crippen molar-refractivity contribution in [1.29, 1.82) is 10.8 Å². The standard InChI is InChI=1S/C13H14N4O/c1-18-13-7-12(10(15)6-11(13)16)17-9-4-2-8(14)3-5-9/h2-5,7,15-16H,6,14H2,1H3. The molecule has 2 rings (SSSR count). The van der Waals surface area contributed by atoms with E-state index >= 15 is 0 Å². The van der Waals surface area contributed by atoms with Crippen LogP contribution in [0.5, 0.6) is 0 Å². The minimum atomic E-state index is 0.244. The van der Waals surface area contributed by atoms with Gasteiger partial charge in [0.2, 0.25) is 0 Å². The Labute approximate surface area is 105 Å². The van der Waals surface area contributed by atoms with Crippen molar-refractivity contribution in [3.63, 3.8) is 0 Å². The lowest BCUT2D eigenvalue weighted by atomic mass is 10.00. The highest BCUT2D eigenvalue weighted by Gasteiger charge is 2.19. The molecule has 1 aliphatic rings. The van der Waals surface area contributed by atoms with Gasteiger partial charge in [0.15, 0.2) is 0 Å². The molecule has 0 saturated heterocycles. The number of aliphatic imine (C=N–C) groups is 1. The largest absolute Gasteiger partial charge is 0.495 e. The summed E-state index contributed by atoms with van der Waals surface area (Å²) in [7, 11) is 1.51. The highest BCUT2D eigenvalue weighted by atomic mass is 16.5. The third kappa shape index (κ3) is 2.45. The first-order valence-corrected chi connectivity index (χ1v) is 5.45. The molecule has 4 N–H and O–H groups in total. The third-order valence-electron chi connectivity index (χ3n) is 2.59. The van der Waals surface area contributed by atoms with Crippen LogP contribution in [-0.2, 0) is 4.74 Å². The fraction of sp³-hybridized carbons (Fsp3) is 0.154. The summed E-state index contributed by atoms with van der Waals surface area (Å²) in [6, 6.07) is 7.09. The summed E-state index contributed by atoms with van der Waals surface area (Å²) in [5, 5.41) is 15.5. The molecular weight excluding hydrogens is 228 g/mol. The zero-order chi connectivity index (χ0) is 13.1. The molecule has 92 valence electrons. The van der Waals surface area contributed by atoms with Crippen molar-refractivity contribution < 1.29 is 4.74 Å². The van der Waals surface area contributed by atoms with E-state index in [0.29, 0.717) is 28.6 Å². The molecule has 18 heavy (non-hydrogen) atoms. The number of allylic oxidation sites excluding steroid dienone is 2. The first-order chi connectivity index (χ1) is 8.60. The third-order valence-corrected chi connectivity index (χ3v) is 2.59. The molecule has 5 nitrogen and oxygen atoms in total. The molecule has 5 heteroatoms. The first kappa shape index (κ1) is 12.0. The highest BCUT2D eigenvalue weighted by Crippen LogP contribution is 2.18. The molecule has 0 radical (unpaired) electrons. The molecule has 1 aromatic carbocycles. The van der Waals surface area contributed by atoms with Crippen LogP contribution in [0, 0.1) is 10.8 Å². The van der Waals surface area contributed by atoms with Gasteiger partial charge < -0.3 is 21.3 Å². The van der Waals surface area contributed by atoms with E-state index in [0.717, 1.165) is 5.69 Å². The lowest BCUT2D eigenvalue weighted by Gasteiger charge is -2.15. The number of nitrogens with two attached hydrogens (primary N) is 1. The van der Waals surface area contributed by atoms with E-state index in [1.54, 1.807) is 30.3 Å². The summed E-state index contributed by atoms with van der Waals surface area (Å²) in [6.45, 7) is 0. The van der Waals surface area contributed by atoms with Gasteiger partial charge in [0.05, 0.1) is 29.9 Å². The number of hydrogen-bond donors (Lipinski definition) is 3. The van der Waals surface area contributed by atoms with Crippen molar-refractivity contribution in [2.24, 2.45) is 4.99 Å². The summed E-state index contributed by atoms with van der Waals surface area (Å²) in [4.78, 5) is 4.36. The molecule has 0 bridgehead atoms. The first-order valence-electron chi connectivity index (χ1n) is 5.45. The average molecular weight is 242 g/mol. The summed E-state index contributed by atoms with van der Waals surface area (Å²) >= 11 is 0. The number of nitrogens with zero attached hydrogens (tertiary/aromatic N) is 1. The van der Waals surface area contributed by atoms with E-state index in [2.05, 4.69) is 4.99 Å². The fourth-order valence-corrected chi connectivity index (χ4v) is 1.62. The van der Waals surface area contributed by atoms with Gasteiger partial charge in [-0.15, -0.1) is 0 Å². The molecule has 0 heterocycles. The number of nitrogens with one attached hydrogen (secondary N) is 2. The topological polar surface area (TPSA) is 95.3 Å². The van der Waals surface area contributed by atoms with Crippen molar-refractivity contribution >= 4 is 28.5 Å².